The number of methoxy groups -OCH3 is 2. The Balaban J connectivity index is 2.15. The molecule has 1 aliphatic rings. The minimum absolute atomic E-state index is 0.123. The standard InChI is InChI=1S/C18H19NO4S/c1-12-15(22-2)9-10-16-18(12)14(11-17(20)23-3)19(24(16)21)13-7-5-4-6-8-13/h4-10,14H,11H2,1-3H3. The van der Waals surface area contributed by atoms with Gasteiger partial charge in [-0.05, 0) is 36.8 Å². The van der Waals surface area contributed by atoms with E-state index in [9.17, 15) is 9.00 Å². The summed E-state index contributed by atoms with van der Waals surface area (Å²) in [6, 6.07) is 12.7. The molecule has 0 aromatic heterocycles. The van der Waals surface area contributed by atoms with Crippen molar-refractivity contribution in [3.63, 3.8) is 0 Å². The van der Waals surface area contributed by atoms with Gasteiger partial charge in [0.2, 0.25) is 0 Å². The van der Waals surface area contributed by atoms with E-state index in [1.165, 1.54) is 7.11 Å². The maximum absolute atomic E-state index is 13.1. The Labute approximate surface area is 143 Å². The summed E-state index contributed by atoms with van der Waals surface area (Å²) in [6.07, 6.45) is 0.123. The molecule has 1 heterocycles. The van der Waals surface area contributed by atoms with E-state index >= 15 is 0 Å². The quantitative estimate of drug-likeness (QED) is 0.799. The number of esters is 1. The van der Waals surface area contributed by atoms with Gasteiger partial charge in [0.1, 0.15) is 5.75 Å². The van der Waals surface area contributed by atoms with Gasteiger partial charge in [0.15, 0.2) is 11.0 Å². The largest absolute Gasteiger partial charge is 0.496 e. The molecule has 0 aliphatic carbocycles. The highest BCUT2D eigenvalue weighted by molar-refractivity contribution is 7.87. The number of para-hydroxylation sites is 1. The van der Waals surface area contributed by atoms with Crippen molar-refractivity contribution in [3.05, 3.63) is 53.6 Å². The van der Waals surface area contributed by atoms with Crippen LogP contribution in [0.1, 0.15) is 23.6 Å². The highest BCUT2D eigenvalue weighted by atomic mass is 32.2. The van der Waals surface area contributed by atoms with E-state index in [1.54, 1.807) is 11.4 Å². The van der Waals surface area contributed by atoms with Gasteiger partial charge in [-0.15, -0.1) is 0 Å². The van der Waals surface area contributed by atoms with E-state index in [-0.39, 0.29) is 18.4 Å². The van der Waals surface area contributed by atoms with E-state index in [1.807, 2.05) is 49.4 Å². The third-order valence-corrected chi connectivity index (χ3v) is 5.78. The van der Waals surface area contributed by atoms with Crippen LogP contribution in [0.4, 0.5) is 5.69 Å². The molecule has 2 unspecified atom stereocenters. The zero-order valence-electron chi connectivity index (χ0n) is 13.8. The maximum Gasteiger partial charge on any atom is 0.307 e. The van der Waals surface area contributed by atoms with Crippen LogP contribution in [-0.2, 0) is 20.5 Å². The van der Waals surface area contributed by atoms with Crippen molar-refractivity contribution in [1.29, 1.82) is 0 Å². The zero-order chi connectivity index (χ0) is 17.3. The molecular formula is C18H19NO4S. The molecule has 2 aromatic carbocycles. The van der Waals surface area contributed by atoms with Crippen LogP contribution in [0.3, 0.4) is 0 Å². The predicted molar refractivity (Wildman–Crippen MR) is 92.4 cm³/mol. The van der Waals surface area contributed by atoms with Crippen LogP contribution in [0, 0.1) is 6.92 Å². The van der Waals surface area contributed by atoms with Crippen LogP contribution in [-0.4, -0.2) is 24.4 Å². The number of benzene rings is 2. The number of carbonyl (C=O) groups is 1. The van der Waals surface area contributed by atoms with Gasteiger partial charge in [-0.1, -0.05) is 18.2 Å². The molecule has 5 nitrogen and oxygen atoms in total. The molecule has 0 saturated heterocycles. The maximum atomic E-state index is 13.1. The Bertz CT molecular complexity index is 791. The summed E-state index contributed by atoms with van der Waals surface area (Å²) in [6.45, 7) is 1.92. The van der Waals surface area contributed by atoms with Crippen molar-refractivity contribution in [1.82, 2.24) is 0 Å². The van der Waals surface area contributed by atoms with E-state index in [0.717, 1.165) is 22.6 Å². The van der Waals surface area contributed by atoms with Gasteiger partial charge in [0.05, 0.1) is 37.3 Å². The molecular weight excluding hydrogens is 326 g/mol. The third-order valence-electron chi connectivity index (χ3n) is 4.23. The van der Waals surface area contributed by atoms with Crippen LogP contribution < -0.4 is 9.04 Å². The predicted octanol–water partition coefficient (Wildman–Crippen LogP) is 3.15. The fourth-order valence-corrected chi connectivity index (χ4v) is 4.68. The summed E-state index contributed by atoms with van der Waals surface area (Å²) in [5, 5.41) is 0. The van der Waals surface area contributed by atoms with Crippen molar-refractivity contribution >= 4 is 22.6 Å². The highest BCUT2D eigenvalue weighted by Crippen LogP contribution is 2.45. The number of rotatable bonds is 4. The second-order valence-electron chi connectivity index (χ2n) is 5.51. The lowest BCUT2D eigenvalue weighted by Gasteiger charge is -2.25. The number of carbonyl (C=O) groups excluding carboxylic acids is 1. The lowest BCUT2D eigenvalue weighted by Crippen LogP contribution is -2.26. The summed E-state index contributed by atoms with van der Waals surface area (Å²) >= 11 is 0. The molecule has 0 spiro atoms. The summed E-state index contributed by atoms with van der Waals surface area (Å²) in [7, 11) is 1.58. The molecule has 0 bridgehead atoms. The average Bonchev–Trinajstić information content (AvgIpc) is 2.88. The lowest BCUT2D eigenvalue weighted by atomic mass is 9.97. The lowest BCUT2D eigenvalue weighted by molar-refractivity contribution is -0.141. The van der Waals surface area contributed by atoms with Crippen LogP contribution in [0.15, 0.2) is 47.4 Å². The van der Waals surface area contributed by atoms with Crippen molar-refractivity contribution in [3.8, 4) is 5.75 Å². The molecule has 126 valence electrons. The number of hydrogen-bond acceptors (Lipinski definition) is 4. The molecule has 0 fully saturated rings. The first-order valence-corrected chi connectivity index (χ1v) is 8.69. The van der Waals surface area contributed by atoms with Crippen molar-refractivity contribution < 1.29 is 18.5 Å². The first-order chi connectivity index (χ1) is 11.6. The number of ether oxygens (including phenoxy) is 2. The minimum atomic E-state index is -1.39. The Morgan fingerprint density at radius 1 is 1.17 bits per heavy atom. The van der Waals surface area contributed by atoms with Gasteiger partial charge in [0, 0.05) is 5.56 Å². The molecule has 2 atom stereocenters. The molecule has 0 amide bonds. The number of nitrogens with zero attached hydrogens (tertiary/aromatic N) is 1. The normalized spacial score (nSPS) is 19.0. The molecule has 2 aromatic rings. The molecule has 0 N–H and O–H groups in total. The first kappa shape index (κ1) is 16.5. The van der Waals surface area contributed by atoms with Gasteiger partial charge in [-0.2, -0.15) is 0 Å². The van der Waals surface area contributed by atoms with E-state index in [0.29, 0.717) is 4.90 Å². The molecule has 6 heteroatoms. The van der Waals surface area contributed by atoms with Gasteiger partial charge < -0.3 is 9.47 Å². The number of fused-ring (bicyclic) bond motifs is 1. The van der Waals surface area contributed by atoms with Crippen LogP contribution >= 0.6 is 0 Å². The third kappa shape index (κ3) is 2.67. The second kappa shape index (κ2) is 6.65. The van der Waals surface area contributed by atoms with Gasteiger partial charge >= 0.3 is 5.97 Å². The smallest absolute Gasteiger partial charge is 0.307 e. The molecule has 1 aliphatic heterocycles. The van der Waals surface area contributed by atoms with Crippen LogP contribution in [0.5, 0.6) is 5.75 Å². The SMILES string of the molecule is COC(=O)CC1c2c(ccc(OC)c2C)S(=O)N1c1ccccc1. The fraction of sp³-hybridized carbons (Fsp3) is 0.278. The minimum Gasteiger partial charge on any atom is -0.496 e. The highest BCUT2D eigenvalue weighted by Gasteiger charge is 2.40. The molecule has 0 saturated carbocycles. The van der Waals surface area contributed by atoms with Crippen molar-refractivity contribution in [2.45, 2.75) is 24.3 Å². The molecule has 0 radical (unpaired) electrons. The topological polar surface area (TPSA) is 55.8 Å². The molecule has 24 heavy (non-hydrogen) atoms. The Hall–Kier alpha value is -2.34. The number of hydrogen-bond donors (Lipinski definition) is 0. The fourth-order valence-electron chi connectivity index (χ4n) is 3.09. The van der Waals surface area contributed by atoms with Crippen LogP contribution in [0.25, 0.3) is 0 Å². The van der Waals surface area contributed by atoms with E-state index in [4.69, 9.17) is 9.47 Å². The van der Waals surface area contributed by atoms with Crippen LogP contribution in [0.2, 0.25) is 0 Å². The summed E-state index contributed by atoms with van der Waals surface area (Å²) in [4.78, 5) is 12.7. The Kier molecular flexibility index (Phi) is 4.57. The first-order valence-electron chi connectivity index (χ1n) is 7.59. The zero-order valence-corrected chi connectivity index (χ0v) is 14.6. The monoisotopic (exact) mass is 345 g/mol. The van der Waals surface area contributed by atoms with Gasteiger partial charge in [0.25, 0.3) is 0 Å². The average molecular weight is 345 g/mol. The van der Waals surface area contributed by atoms with E-state index < -0.39 is 11.0 Å². The van der Waals surface area contributed by atoms with Crippen molar-refractivity contribution in [2.75, 3.05) is 18.5 Å². The second-order valence-corrected chi connectivity index (χ2v) is 6.84. The van der Waals surface area contributed by atoms with E-state index in [2.05, 4.69) is 0 Å². The molecule has 3 rings (SSSR count). The Morgan fingerprint density at radius 2 is 1.88 bits per heavy atom. The Morgan fingerprint density at radius 3 is 2.50 bits per heavy atom. The van der Waals surface area contributed by atoms with Gasteiger partial charge in [-0.3, -0.25) is 9.10 Å². The van der Waals surface area contributed by atoms with Crippen molar-refractivity contribution in [2.24, 2.45) is 0 Å². The number of anilines is 1. The van der Waals surface area contributed by atoms with Gasteiger partial charge in [-0.25, -0.2) is 4.21 Å². The summed E-state index contributed by atoms with van der Waals surface area (Å²) in [5.41, 5.74) is 2.58. The summed E-state index contributed by atoms with van der Waals surface area (Å²) in [5.74, 6) is 0.378. The summed E-state index contributed by atoms with van der Waals surface area (Å²) < 4.78 is 25.1.